The summed E-state index contributed by atoms with van der Waals surface area (Å²) in [6, 6.07) is 0. The van der Waals surface area contributed by atoms with Crippen molar-refractivity contribution in [2.45, 2.75) is 78.4 Å². The van der Waals surface area contributed by atoms with E-state index in [2.05, 4.69) is 10.9 Å². The number of fused-ring (bicyclic) bond motifs is 4. The molecule has 154 valence electrons. The second kappa shape index (κ2) is 4.89. The number of esters is 2. The first-order valence-electron chi connectivity index (χ1n) is 9.80. The summed E-state index contributed by atoms with van der Waals surface area (Å²) < 4.78 is 11.1. The number of hydrazine groups is 1. The largest absolute Gasteiger partial charge is 0.448 e. The highest BCUT2D eigenvalue weighted by molar-refractivity contribution is 5.99. The average molecular weight is 392 g/mol. The maximum atomic E-state index is 13.0. The van der Waals surface area contributed by atoms with E-state index in [-0.39, 0.29) is 11.9 Å². The van der Waals surface area contributed by atoms with Gasteiger partial charge in [-0.2, -0.15) is 0 Å². The lowest BCUT2D eigenvalue weighted by molar-refractivity contribution is -0.172. The van der Waals surface area contributed by atoms with Crippen LogP contribution in [0.4, 0.5) is 0 Å². The minimum atomic E-state index is -1.32. The van der Waals surface area contributed by atoms with Gasteiger partial charge in [-0.3, -0.25) is 30.0 Å². The fraction of sp³-hybridized carbons (Fsp3) is 0.800. The zero-order valence-electron chi connectivity index (χ0n) is 17.3. The lowest BCUT2D eigenvalue weighted by Crippen LogP contribution is -2.62. The van der Waals surface area contributed by atoms with Crippen molar-refractivity contribution in [3.05, 3.63) is 0 Å². The Morgan fingerprint density at radius 2 is 1.00 bits per heavy atom. The van der Waals surface area contributed by atoms with Gasteiger partial charge in [0.15, 0.2) is 11.2 Å². The summed E-state index contributed by atoms with van der Waals surface area (Å²) in [7, 11) is 0. The fourth-order valence-electron chi connectivity index (χ4n) is 5.81. The zero-order valence-corrected chi connectivity index (χ0v) is 17.3. The van der Waals surface area contributed by atoms with E-state index in [1.165, 1.54) is 0 Å². The van der Waals surface area contributed by atoms with Crippen molar-refractivity contribution in [1.82, 2.24) is 10.9 Å². The standard InChI is InChI=1S/C20H28N2O6/c1-15(2)17(5)7-9-19(15,27-13(17)25)11(23)21-22-12(24)20-10-8-18(6,14(26)28-20)16(20,3)4/h7-10H2,1-6H3,(H,21,23)(H,22,24). The van der Waals surface area contributed by atoms with E-state index in [0.717, 1.165) is 0 Å². The first-order chi connectivity index (χ1) is 12.7. The SMILES string of the molecule is CC12CCC(C(=O)NNC(=O)C34CCC(C)(C(=O)O3)C4(C)C)(OC1=O)C2(C)C. The van der Waals surface area contributed by atoms with Gasteiger partial charge in [-0.15, -0.1) is 0 Å². The highest BCUT2D eigenvalue weighted by Gasteiger charge is 2.77. The molecule has 2 aliphatic carbocycles. The summed E-state index contributed by atoms with van der Waals surface area (Å²) in [5.74, 6) is -1.89. The molecular weight excluding hydrogens is 364 g/mol. The minimum absolute atomic E-state index is 0.388. The first-order valence-corrected chi connectivity index (χ1v) is 9.80. The zero-order chi connectivity index (χ0) is 21.0. The third-order valence-electron chi connectivity index (χ3n) is 9.19. The Morgan fingerprint density at radius 1 is 0.679 bits per heavy atom. The number of hydrogen-bond acceptors (Lipinski definition) is 6. The highest BCUT2D eigenvalue weighted by Crippen LogP contribution is 2.66. The van der Waals surface area contributed by atoms with Crippen LogP contribution in [0.15, 0.2) is 0 Å². The highest BCUT2D eigenvalue weighted by atomic mass is 16.6. The minimum Gasteiger partial charge on any atom is -0.448 e. The molecular formula is C20H28N2O6. The van der Waals surface area contributed by atoms with E-state index >= 15 is 0 Å². The first kappa shape index (κ1) is 19.2. The van der Waals surface area contributed by atoms with Gasteiger partial charge < -0.3 is 9.47 Å². The second-order valence-electron chi connectivity index (χ2n) is 10.3. The molecule has 2 saturated carbocycles. The lowest BCUT2D eigenvalue weighted by atomic mass is 9.66. The van der Waals surface area contributed by atoms with Crippen LogP contribution in [0.25, 0.3) is 0 Å². The van der Waals surface area contributed by atoms with Gasteiger partial charge in [0.2, 0.25) is 0 Å². The van der Waals surface area contributed by atoms with Gasteiger partial charge in [0, 0.05) is 10.8 Å². The molecule has 8 heteroatoms. The molecule has 2 heterocycles. The van der Waals surface area contributed by atoms with Gasteiger partial charge >= 0.3 is 11.9 Å². The van der Waals surface area contributed by atoms with Crippen LogP contribution >= 0.6 is 0 Å². The van der Waals surface area contributed by atoms with Crippen molar-refractivity contribution >= 4 is 23.8 Å². The fourth-order valence-corrected chi connectivity index (χ4v) is 5.81. The third-order valence-corrected chi connectivity index (χ3v) is 9.19. The van der Waals surface area contributed by atoms with E-state index in [9.17, 15) is 19.2 Å². The molecule has 4 fully saturated rings. The Hall–Kier alpha value is -2.12. The Bertz CT molecular complexity index is 767. The Labute approximate surface area is 164 Å². The topological polar surface area (TPSA) is 111 Å². The molecule has 4 aliphatic rings. The molecule has 0 aromatic heterocycles. The Balaban J connectivity index is 1.54. The van der Waals surface area contributed by atoms with Gasteiger partial charge in [-0.1, -0.05) is 27.7 Å². The Kier molecular flexibility index (Phi) is 3.35. The number of hydrogen-bond donors (Lipinski definition) is 2. The van der Waals surface area contributed by atoms with Crippen LogP contribution in [0.1, 0.15) is 67.2 Å². The average Bonchev–Trinajstić information content (AvgIpc) is 3.07. The smallest absolute Gasteiger partial charge is 0.313 e. The quantitative estimate of drug-likeness (QED) is 0.543. The predicted molar refractivity (Wildman–Crippen MR) is 96.2 cm³/mol. The number of rotatable bonds is 2. The predicted octanol–water partition coefficient (Wildman–Crippen LogP) is 1.38. The van der Waals surface area contributed by atoms with Crippen LogP contribution in [0.2, 0.25) is 0 Å². The number of amides is 2. The summed E-state index contributed by atoms with van der Waals surface area (Å²) in [5, 5.41) is 0. The van der Waals surface area contributed by atoms with E-state index in [0.29, 0.717) is 25.7 Å². The molecule has 4 rings (SSSR count). The Morgan fingerprint density at radius 3 is 1.21 bits per heavy atom. The summed E-state index contributed by atoms with van der Waals surface area (Å²) >= 11 is 0. The van der Waals surface area contributed by atoms with Crippen molar-refractivity contribution in [2.24, 2.45) is 21.7 Å². The van der Waals surface area contributed by atoms with Crippen molar-refractivity contribution in [3.63, 3.8) is 0 Å². The van der Waals surface area contributed by atoms with Crippen LogP contribution in [0.3, 0.4) is 0 Å². The maximum absolute atomic E-state index is 13.0. The van der Waals surface area contributed by atoms with E-state index in [4.69, 9.17) is 9.47 Å². The summed E-state index contributed by atoms with van der Waals surface area (Å²) in [4.78, 5) is 50.7. The molecule has 4 unspecified atom stereocenters. The number of nitrogens with one attached hydrogen (secondary N) is 2. The molecule has 2 saturated heterocycles. The molecule has 2 aliphatic heterocycles. The van der Waals surface area contributed by atoms with Crippen molar-refractivity contribution in [3.8, 4) is 0 Å². The van der Waals surface area contributed by atoms with Crippen LogP contribution in [-0.2, 0) is 28.7 Å². The molecule has 0 radical (unpaired) electrons. The number of ether oxygens (including phenoxy) is 2. The van der Waals surface area contributed by atoms with E-state index < -0.39 is 44.7 Å². The van der Waals surface area contributed by atoms with Gasteiger partial charge in [0.25, 0.3) is 11.8 Å². The van der Waals surface area contributed by atoms with Gasteiger partial charge in [0.1, 0.15) is 0 Å². The molecule has 28 heavy (non-hydrogen) atoms. The van der Waals surface area contributed by atoms with Crippen molar-refractivity contribution in [1.29, 1.82) is 0 Å². The molecule has 0 aromatic rings. The lowest BCUT2D eigenvalue weighted by Gasteiger charge is -2.37. The summed E-state index contributed by atoms with van der Waals surface area (Å²) in [6.45, 7) is 11.0. The maximum Gasteiger partial charge on any atom is 0.313 e. The van der Waals surface area contributed by atoms with Crippen molar-refractivity contribution < 1.29 is 28.7 Å². The molecule has 8 nitrogen and oxygen atoms in total. The van der Waals surface area contributed by atoms with Gasteiger partial charge in [0.05, 0.1) is 10.8 Å². The van der Waals surface area contributed by atoms with E-state index in [1.54, 1.807) is 0 Å². The third kappa shape index (κ3) is 1.66. The molecule has 2 amide bonds. The second-order valence-corrected chi connectivity index (χ2v) is 10.3. The normalized spacial score (nSPS) is 44.2. The van der Waals surface area contributed by atoms with Crippen LogP contribution in [-0.4, -0.2) is 35.0 Å². The van der Waals surface area contributed by atoms with E-state index in [1.807, 2.05) is 41.5 Å². The van der Waals surface area contributed by atoms with Crippen molar-refractivity contribution in [2.75, 3.05) is 0 Å². The molecule has 0 aromatic carbocycles. The molecule has 4 bridgehead atoms. The van der Waals surface area contributed by atoms with Crippen LogP contribution < -0.4 is 10.9 Å². The summed E-state index contributed by atoms with van der Waals surface area (Å²) in [5.41, 5.74) is -0.641. The molecule has 0 spiro atoms. The van der Waals surface area contributed by atoms with Crippen LogP contribution in [0.5, 0.6) is 0 Å². The number of carbonyl (C=O) groups is 4. The summed E-state index contributed by atoms with van der Waals surface area (Å²) in [6.07, 6.45) is 1.89. The monoisotopic (exact) mass is 392 g/mol. The van der Waals surface area contributed by atoms with Crippen LogP contribution in [0, 0.1) is 21.7 Å². The van der Waals surface area contributed by atoms with Gasteiger partial charge in [-0.25, -0.2) is 0 Å². The molecule has 2 N–H and O–H groups in total. The number of carbonyl (C=O) groups excluding carboxylic acids is 4. The molecule has 4 atom stereocenters. The van der Waals surface area contributed by atoms with Gasteiger partial charge in [-0.05, 0) is 39.5 Å².